The molecule has 0 heterocycles. The van der Waals surface area contributed by atoms with E-state index in [1.807, 2.05) is 0 Å². The van der Waals surface area contributed by atoms with Crippen LogP contribution in [0.4, 0.5) is 0 Å². The van der Waals surface area contributed by atoms with E-state index in [1.54, 1.807) is 0 Å². The van der Waals surface area contributed by atoms with Crippen molar-refractivity contribution < 1.29 is 28.6 Å². The van der Waals surface area contributed by atoms with E-state index in [1.165, 1.54) is 186 Å². The molecule has 0 saturated heterocycles. The molecule has 0 aliphatic carbocycles. The minimum absolute atomic E-state index is 0.0736. The van der Waals surface area contributed by atoms with Crippen LogP contribution in [0.15, 0.2) is 36.5 Å². The Hall–Kier alpha value is -2.37. The Morgan fingerprint density at radius 1 is 0.308 bits per heavy atom. The lowest BCUT2D eigenvalue weighted by Crippen LogP contribution is -2.30. The summed E-state index contributed by atoms with van der Waals surface area (Å²) in [6, 6.07) is 0. The molecule has 65 heavy (non-hydrogen) atoms. The Kier molecular flexibility index (Phi) is 52.3. The topological polar surface area (TPSA) is 78.9 Å². The summed E-state index contributed by atoms with van der Waals surface area (Å²) in [5, 5.41) is 0. The van der Waals surface area contributed by atoms with Crippen molar-refractivity contribution in [2.45, 2.75) is 309 Å². The van der Waals surface area contributed by atoms with Crippen LogP contribution in [-0.4, -0.2) is 37.2 Å². The second-order valence-electron chi connectivity index (χ2n) is 19.2. The summed E-state index contributed by atoms with van der Waals surface area (Å²) >= 11 is 0. The van der Waals surface area contributed by atoms with Crippen molar-refractivity contribution in [2.24, 2.45) is 0 Å². The van der Waals surface area contributed by atoms with E-state index in [9.17, 15) is 14.4 Å². The molecule has 0 bridgehead atoms. The highest BCUT2D eigenvalue weighted by Crippen LogP contribution is 2.17. The van der Waals surface area contributed by atoms with Gasteiger partial charge < -0.3 is 14.2 Å². The Balaban J connectivity index is 4.15. The van der Waals surface area contributed by atoms with Gasteiger partial charge in [0, 0.05) is 19.3 Å². The SMILES string of the molecule is CCCCCCC/C=C\C/C=C\C/C=C\CCCCCCCCC(=O)OCC(COC(=O)CCCCCCCC)OC(=O)CCCCCCCCCCCCCCCCCCCCCC. The van der Waals surface area contributed by atoms with Crippen molar-refractivity contribution in [3.63, 3.8) is 0 Å². The Labute approximate surface area is 404 Å². The predicted octanol–water partition coefficient (Wildman–Crippen LogP) is 18.9. The Morgan fingerprint density at radius 2 is 0.554 bits per heavy atom. The minimum Gasteiger partial charge on any atom is -0.462 e. The lowest BCUT2D eigenvalue weighted by Gasteiger charge is -2.18. The molecule has 0 aliphatic rings. The molecule has 6 nitrogen and oxygen atoms in total. The summed E-state index contributed by atoms with van der Waals surface area (Å²) in [6.07, 6.45) is 64.5. The van der Waals surface area contributed by atoms with Gasteiger partial charge in [0.15, 0.2) is 6.10 Å². The molecule has 0 aliphatic heterocycles. The van der Waals surface area contributed by atoms with Crippen molar-refractivity contribution in [3.8, 4) is 0 Å². The van der Waals surface area contributed by atoms with Crippen molar-refractivity contribution in [3.05, 3.63) is 36.5 Å². The zero-order valence-corrected chi connectivity index (χ0v) is 43.5. The van der Waals surface area contributed by atoms with Crippen LogP contribution >= 0.6 is 0 Å². The van der Waals surface area contributed by atoms with Crippen molar-refractivity contribution in [1.29, 1.82) is 0 Å². The van der Waals surface area contributed by atoms with Gasteiger partial charge in [-0.25, -0.2) is 0 Å². The van der Waals surface area contributed by atoms with Gasteiger partial charge in [-0.05, 0) is 57.8 Å². The zero-order valence-electron chi connectivity index (χ0n) is 43.5. The molecule has 0 saturated carbocycles. The number of allylic oxidation sites excluding steroid dienone is 6. The van der Waals surface area contributed by atoms with Crippen LogP contribution in [0.3, 0.4) is 0 Å². The number of esters is 3. The molecule has 6 heteroatoms. The van der Waals surface area contributed by atoms with Gasteiger partial charge in [-0.2, -0.15) is 0 Å². The molecule has 380 valence electrons. The highest BCUT2D eigenvalue weighted by atomic mass is 16.6. The Bertz CT molecular complexity index is 1090. The summed E-state index contributed by atoms with van der Waals surface area (Å²) < 4.78 is 16.8. The number of hydrogen-bond acceptors (Lipinski definition) is 6. The molecule has 0 rings (SSSR count). The summed E-state index contributed by atoms with van der Waals surface area (Å²) in [4.78, 5) is 37.9. The summed E-state index contributed by atoms with van der Waals surface area (Å²) in [5.74, 6) is -0.881. The van der Waals surface area contributed by atoms with Gasteiger partial charge in [-0.3, -0.25) is 14.4 Å². The van der Waals surface area contributed by atoms with Crippen molar-refractivity contribution in [2.75, 3.05) is 13.2 Å². The predicted molar refractivity (Wildman–Crippen MR) is 279 cm³/mol. The number of rotatable bonds is 52. The lowest BCUT2D eigenvalue weighted by molar-refractivity contribution is -0.167. The average molecular weight is 914 g/mol. The molecule has 1 unspecified atom stereocenters. The van der Waals surface area contributed by atoms with E-state index >= 15 is 0 Å². The largest absolute Gasteiger partial charge is 0.462 e. The van der Waals surface area contributed by atoms with E-state index in [0.717, 1.165) is 77.0 Å². The van der Waals surface area contributed by atoms with Crippen LogP contribution in [0, 0.1) is 0 Å². The maximum atomic E-state index is 12.8. The number of hydrogen-bond donors (Lipinski definition) is 0. The van der Waals surface area contributed by atoms with Gasteiger partial charge in [0.2, 0.25) is 0 Å². The first-order valence-electron chi connectivity index (χ1n) is 28.5. The molecule has 0 N–H and O–H groups in total. The first-order chi connectivity index (χ1) is 32.0. The van der Waals surface area contributed by atoms with E-state index in [2.05, 4.69) is 57.2 Å². The highest BCUT2D eigenvalue weighted by Gasteiger charge is 2.19. The van der Waals surface area contributed by atoms with Gasteiger partial charge in [0.25, 0.3) is 0 Å². The smallest absolute Gasteiger partial charge is 0.306 e. The van der Waals surface area contributed by atoms with E-state index in [0.29, 0.717) is 19.3 Å². The molecule has 0 aromatic rings. The van der Waals surface area contributed by atoms with E-state index in [4.69, 9.17) is 14.2 Å². The van der Waals surface area contributed by atoms with Gasteiger partial charge >= 0.3 is 17.9 Å². The number of ether oxygens (including phenoxy) is 3. The number of carbonyl (C=O) groups excluding carboxylic acids is 3. The molecular weight excluding hydrogens is 805 g/mol. The third kappa shape index (κ3) is 52.5. The zero-order chi connectivity index (χ0) is 47.2. The lowest BCUT2D eigenvalue weighted by atomic mass is 10.0. The van der Waals surface area contributed by atoms with Crippen LogP contribution in [0.2, 0.25) is 0 Å². The van der Waals surface area contributed by atoms with Crippen LogP contribution in [0.25, 0.3) is 0 Å². The third-order valence-electron chi connectivity index (χ3n) is 12.6. The number of carbonyl (C=O) groups is 3. The van der Waals surface area contributed by atoms with Gasteiger partial charge in [0.1, 0.15) is 13.2 Å². The van der Waals surface area contributed by atoms with E-state index in [-0.39, 0.29) is 31.1 Å². The average Bonchev–Trinajstić information content (AvgIpc) is 3.30. The van der Waals surface area contributed by atoms with Gasteiger partial charge in [-0.1, -0.05) is 263 Å². The van der Waals surface area contributed by atoms with Crippen LogP contribution in [0.1, 0.15) is 303 Å². The summed E-state index contributed by atoms with van der Waals surface area (Å²) in [6.45, 7) is 6.60. The maximum absolute atomic E-state index is 12.8. The maximum Gasteiger partial charge on any atom is 0.306 e. The fraction of sp³-hybridized carbons (Fsp3) is 0.847. The van der Waals surface area contributed by atoms with Gasteiger partial charge in [-0.15, -0.1) is 0 Å². The second kappa shape index (κ2) is 54.2. The molecule has 0 fully saturated rings. The minimum atomic E-state index is -0.771. The standard InChI is InChI=1S/C59H108O6/c1-4-7-10-13-16-18-20-22-24-26-28-30-32-33-35-37-39-41-43-46-49-52-58(61)64-55-56(54-63-57(60)51-48-45-15-12-9-6-3)65-59(62)53-50-47-44-42-40-38-36-34-31-29-27-25-23-21-19-17-14-11-8-5-2/h20,22,26,28,32-33,56H,4-19,21,23-25,27,29-31,34-55H2,1-3H3/b22-20-,28-26-,33-32-. The second-order valence-corrected chi connectivity index (χ2v) is 19.2. The third-order valence-corrected chi connectivity index (χ3v) is 12.6. The van der Waals surface area contributed by atoms with Gasteiger partial charge in [0.05, 0.1) is 0 Å². The first-order valence-corrected chi connectivity index (χ1v) is 28.5. The molecule has 0 aromatic heterocycles. The number of unbranched alkanes of at least 4 members (excludes halogenated alkanes) is 35. The van der Waals surface area contributed by atoms with Crippen LogP contribution in [-0.2, 0) is 28.6 Å². The molecule has 0 radical (unpaired) electrons. The molecule has 0 aromatic carbocycles. The van der Waals surface area contributed by atoms with Crippen LogP contribution < -0.4 is 0 Å². The normalized spacial score (nSPS) is 12.2. The molecule has 0 spiro atoms. The summed E-state index contributed by atoms with van der Waals surface area (Å²) in [7, 11) is 0. The quantitative estimate of drug-likeness (QED) is 0.0262. The molecular formula is C59H108O6. The van der Waals surface area contributed by atoms with Crippen LogP contribution in [0.5, 0.6) is 0 Å². The first kappa shape index (κ1) is 62.6. The fourth-order valence-corrected chi connectivity index (χ4v) is 8.33. The van der Waals surface area contributed by atoms with Crippen molar-refractivity contribution >= 4 is 17.9 Å². The fourth-order valence-electron chi connectivity index (χ4n) is 8.33. The highest BCUT2D eigenvalue weighted by molar-refractivity contribution is 5.71. The van der Waals surface area contributed by atoms with E-state index < -0.39 is 6.10 Å². The molecule has 1 atom stereocenters. The monoisotopic (exact) mass is 913 g/mol. The van der Waals surface area contributed by atoms with Crippen molar-refractivity contribution in [1.82, 2.24) is 0 Å². The summed E-state index contributed by atoms with van der Waals surface area (Å²) in [5.41, 5.74) is 0. The molecule has 0 amide bonds. The Morgan fingerprint density at radius 3 is 0.862 bits per heavy atom.